The van der Waals surface area contributed by atoms with Crippen molar-refractivity contribution in [3.63, 3.8) is 0 Å². The molecule has 6 rings (SSSR count). The van der Waals surface area contributed by atoms with E-state index in [4.69, 9.17) is 0 Å². The summed E-state index contributed by atoms with van der Waals surface area (Å²) in [7, 11) is 0. The van der Waals surface area contributed by atoms with Crippen LogP contribution in [0, 0.1) is 23.5 Å². The van der Waals surface area contributed by atoms with Crippen molar-refractivity contribution in [1.82, 2.24) is 0 Å². The third-order valence-corrected chi connectivity index (χ3v) is 12.9. The number of allylic oxidation sites excluding steroid dienone is 4. The Bertz CT molecular complexity index is 2210. The van der Waals surface area contributed by atoms with E-state index >= 15 is 0 Å². The molecule has 0 heterocycles. The molecule has 0 spiro atoms. The van der Waals surface area contributed by atoms with Gasteiger partial charge in [-0.25, -0.2) is 6.08 Å². The van der Waals surface area contributed by atoms with E-state index in [-0.39, 0.29) is 57.6 Å². The average Bonchev–Trinajstić information content (AvgIpc) is 3.77. The predicted octanol–water partition coefficient (Wildman–Crippen LogP) is 10.8. The summed E-state index contributed by atoms with van der Waals surface area (Å²) in [5.41, 5.74) is 12.6. The standard InChI is InChI=1S/C29H41.C15H8F6.C12H19.2ClH.Zr/c1-26(2,3)22-14-18-13-19-15-23(27(4,5)6)25(29(10,11)12)17-21(19)20(18)16-24(22)28(7,8)9;16-14(17,18)12-5-1-3-10(8-12)7-11-4-2-6-13(9-11)15(19,20)21;1-5-6-10-7-8-11(9-10)12(2,3)4;;;/h14,16-17H,13H2,1-12H3;1-6,8-9H;8-10H,5-6H2,1-4H3;2*1H;/q-1;;-1;;;+2/p-2. The van der Waals surface area contributed by atoms with E-state index in [1.54, 1.807) is 0 Å². The van der Waals surface area contributed by atoms with Crippen molar-refractivity contribution in [3.05, 3.63) is 152 Å². The molecule has 0 aromatic heterocycles. The van der Waals surface area contributed by atoms with Crippen LogP contribution >= 0.6 is 0 Å². The van der Waals surface area contributed by atoms with E-state index in [2.05, 4.69) is 153 Å². The third kappa shape index (κ3) is 15.1. The molecule has 1 atom stereocenters. The van der Waals surface area contributed by atoms with Crippen molar-refractivity contribution in [1.29, 1.82) is 0 Å². The van der Waals surface area contributed by atoms with Crippen molar-refractivity contribution >= 4 is 3.21 Å². The fraction of sp³-hybridized carbons (Fsp3) is 0.482. The molecule has 0 saturated carbocycles. The van der Waals surface area contributed by atoms with Gasteiger partial charge in [-0.1, -0.05) is 158 Å². The number of benzene rings is 4. The molecule has 4 aromatic rings. The molecule has 2 aliphatic rings. The minimum atomic E-state index is -4.49. The summed E-state index contributed by atoms with van der Waals surface area (Å²) in [5, 5.41) is 0. The van der Waals surface area contributed by atoms with Gasteiger partial charge < -0.3 is 24.8 Å². The maximum Gasteiger partial charge on any atom is -1.00 e. The van der Waals surface area contributed by atoms with Crippen LogP contribution in [0.4, 0.5) is 26.3 Å². The number of alkyl halides is 6. The van der Waals surface area contributed by atoms with Crippen LogP contribution in [0.25, 0.3) is 11.1 Å². The summed E-state index contributed by atoms with van der Waals surface area (Å²) >= 11 is 0.729. The predicted molar refractivity (Wildman–Crippen MR) is 248 cm³/mol. The van der Waals surface area contributed by atoms with Crippen LogP contribution in [0.2, 0.25) is 0 Å². The van der Waals surface area contributed by atoms with Gasteiger partial charge in [0.1, 0.15) is 0 Å². The Balaban J connectivity index is 0.000000357. The van der Waals surface area contributed by atoms with E-state index < -0.39 is 23.5 Å². The molecule has 9 heteroatoms. The van der Waals surface area contributed by atoms with E-state index in [1.165, 1.54) is 87.2 Å². The molecule has 0 nitrogen and oxygen atoms in total. The molecular formula is C56H68Cl2F6Zr-2. The molecule has 354 valence electrons. The number of hydrogen-bond acceptors (Lipinski definition) is 0. The van der Waals surface area contributed by atoms with Crippen LogP contribution in [-0.4, -0.2) is 3.21 Å². The molecular weight excluding hydrogens is 949 g/mol. The molecule has 0 aliphatic heterocycles. The van der Waals surface area contributed by atoms with E-state index in [0.29, 0.717) is 14.5 Å². The van der Waals surface area contributed by atoms with Gasteiger partial charge in [0, 0.05) is 0 Å². The Morgan fingerprint density at radius 1 is 0.585 bits per heavy atom. The Labute approximate surface area is 414 Å². The van der Waals surface area contributed by atoms with Crippen LogP contribution in [0.15, 0.2) is 84.5 Å². The van der Waals surface area contributed by atoms with E-state index in [0.717, 1.165) is 54.9 Å². The van der Waals surface area contributed by atoms with Crippen molar-refractivity contribution in [2.45, 2.75) is 164 Å². The van der Waals surface area contributed by atoms with Gasteiger partial charge >= 0.3 is 137 Å². The second-order valence-corrected chi connectivity index (χ2v) is 23.5. The molecule has 0 amide bonds. The first kappa shape index (κ1) is 58.4. The molecule has 1 unspecified atom stereocenters. The first-order valence-corrected chi connectivity index (χ1v) is 23.3. The second kappa shape index (κ2) is 21.3. The Kier molecular flexibility index (Phi) is 19.1. The molecule has 0 saturated heterocycles. The number of halogens is 8. The van der Waals surface area contributed by atoms with Gasteiger partial charge in [-0.3, -0.25) is 6.08 Å². The molecule has 0 radical (unpaired) electrons. The number of fused-ring (bicyclic) bond motifs is 3. The van der Waals surface area contributed by atoms with Crippen LogP contribution in [0.3, 0.4) is 0 Å². The summed E-state index contributed by atoms with van der Waals surface area (Å²) in [6.45, 7) is 37.0. The first-order valence-electron chi connectivity index (χ1n) is 22.1. The normalized spacial score (nSPS) is 15.0. The summed E-state index contributed by atoms with van der Waals surface area (Å²) in [6.07, 6.45) is 2.46. The van der Waals surface area contributed by atoms with Crippen LogP contribution in [0.5, 0.6) is 0 Å². The Morgan fingerprint density at radius 3 is 1.42 bits per heavy atom. The summed E-state index contributed by atoms with van der Waals surface area (Å²) in [5.74, 6) is 0.587. The summed E-state index contributed by atoms with van der Waals surface area (Å²) in [4.78, 5) is 0. The van der Waals surface area contributed by atoms with Gasteiger partial charge in [0.05, 0.1) is 0 Å². The van der Waals surface area contributed by atoms with Gasteiger partial charge in [0.25, 0.3) is 0 Å². The SMILES string of the molecule is CC(C)(C)c1[c-]c2c(cc1C(C)(C)C)-c1cc(C(C)(C)C)c(C(C)(C)C)cc1C2.CCCC1[C-]=CC(C(C)(C)C)=C1.FC(F)(F)c1cccc([C](=[Zr+2])c2cccc(C(F)(F)F)c2)c1.[Cl-].[Cl-]. The number of rotatable bonds is 4. The molecule has 4 aromatic carbocycles. The number of hydrogen-bond donors (Lipinski definition) is 0. The maximum atomic E-state index is 12.7. The zero-order chi connectivity index (χ0) is 47.9. The van der Waals surface area contributed by atoms with Crippen LogP contribution in [-0.2, 0) is 64.7 Å². The van der Waals surface area contributed by atoms with Crippen LogP contribution in [0.1, 0.15) is 179 Å². The fourth-order valence-electron chi connectivity index (χ4n) is 7.95. The van der Waals surface area contributed by atoms with Gasteiger partial charge in [0.2, 0.25) is 0 Å². The summed E-state index contributed by atoms with van der Waals surface area (Å²) < 4.78 is 76.7. The Hall–Kier alpha value is -2.73. The smallest absolute Gasteiger partial charge is 1.00 e. The quantitative estimate of drug-likeness (QED) is 0.124. The first-order chi connectivity index (χ1) is 28.5. The minimum absolute atomic E-state index is 0. The second-order valence-electron chi connectivity index (χ2n) is 22.3. The monoisotopic (exact) mass is 1010 g/mol. The molecule has 0 N–H and O–H groups in total. The Morgan fingerprint density at radius 2 is 1.03 bits per heavy atom. The average molecular weight is 1020 g/mol. The van der Waals surface area contributed by atoms with Crippen molar-refractivity contribution in [2.75, 3.05) is 0 Å². The third-order valence-electron chi connectivity index (χ3n) is 11.5. The zero-order valence-electron chi connectivity index (χ0n) is 41.2. The zero-order valence-corrected chi connectivity index (χ0v) is 45.2. The van der Waals surface area contributed by atoms with Gasteiger partial charge in [-0.15, -0.1) is 16.7 Å². The topological polar surface area (TPSA) is 0 Å². The van der Waals surface area contributed by atoms with Gasteiger partial charge in [0.15, 0.2) is 0 Å². The van der Waals surface area contributed by atoms with Gasteiger partial charge in [-0.05, 0) is 39.4 Å². The molecule has 0 fully saturated rings. The fourth-order valence-corrected chi connectivity index (χ4v) is 8.71. The minimum Gasteiger partial charge on any atom is -1.00 e. The largest absolute Gasteiger partial charge is 1.00 e. The molecule has 65 heavy (non-hydrogen) atoms. The van der Waals surface area contributed by atoms with E-state index in [9.17, 15) is 26.3 Å². The van der Waals surface area contributed by atoms with Crippen molar-refractivity contribution in [3.8, 4) is 11.1 Å². The van der Waals surface area contributed by atoms with Crippen LogP contribution < -0.4 is 24.8 Å². The molecule has 0 bridgehead atoms. The van der Waals surface area contributed by atoms with Gasteiger partial charge in [-0.2, -0.15) is 29.3 Å². The molecule has 2 aliphatic carbocycles. The van der Waals surface area contributed by atoms with E-state index in [1.807, 2.05) is 0 Å². The maximum absolute atomic E-state index is 12.7. The van der Waals surface area contributed by atoms with Crippen molar-refractivity contribution < 1.29 is 75.4 Å². The van der Waals surface area contributed by atoms with Crippen molar-refractivity contribution in [2.24, 2.45) is 11.3 Å². The summed E-state index contributed by atoms with van der Waals surface area (Å²) in [6, 6.07) is 20.6.